The third-order valence-electron chi connectivity index (χ3n) is 2.20. The molecule has 1 aromatic rings. The molecule has 0 radical (unpaired) electrons. The van der Waals surface area contributed by atoms with Crippen molar-refractivity contribution in [3.05, 3.63) is 11.7 Å². The maximum Gasteiger partial charge on any atom is 0.246 e. The highest BCUT2D eigenvalue weighted by Crippen LogP contribution is 2.19. The summed E-state index contributed by atoms with van der Waals surface area (Å²) >= 11 is 1.84. The average Bonchev–Trinajstić information content (AvgIpc) is 2.67. The lowest BCUT2D eigenvalue weighted by atomic mass is 10.1. The van der Waals surface area contributed by atoms with E-state index in [2.05, 4.69) is 29.3 Å². The van der Waals surface area contributed by atoms with Crippen LogP contribution in [-0.4, -0.2) is 22.4 Å². The summed E-state index contributed by atoms with van der Waals surface area (Å²) in [7, 11) is 0. The van der Waals surface area contributed by atoms with E-state index in [0.29, 0.717) is 5.89 Å². The van der Waals surface area contributed by atoms with Crippen LogP contribution in [0.25, 0.3) is 0 Å². The Bertz CT molecular complexity index is 312. The maximum atomic E-state index is 5.28. The predicted molar refractivity (Wildman–Crippen MR) is 67.5 cm³/mol. The second-order valence-corrected chi connectivity index (χ2v) is 5.33. The van der Waals surface area contributed by atoms with E-state index in [1.807, 2.05) is 25.6 Å². The van der Waals surface area contributed by atoms with Crippen molar-refractivity contribution in [2.45, 2.75) is 45.4 Å². The van der Waals surface area contributed by atoms with Gasteiger partial charge in [0.1, 0.15) is 0 Å². The number of hydrogen-bond donors (Lipinski definition) is 1. The molecule has 1 aromatic heterocycles. The van der Waals surface area contributed by atoms with Gasteiger partial charge in [0, 0.05) is 0 Å². The number of hydrogen-bond acceptors (Lipinski definition) is 5. The first-order valence-electron chi connectivity index (χ1n) is 5.76. The summed E-state index contributed by atoms with van der Waals surface area (Å²) in [5.41, 5.74) is -0.241. The van der Waals surface area contributed by atoms with Crippen LogP contribution >= 0.6 is 11.8 Å². The van der Waals surface area contributed by atoms with Crippen molar-refractivity contribution in [1.29, 1.82) is 0 Å². The molecular weight excluding hydrogens is 222 g/mol. The van der Waals surface area contributed by atoms with Gasteiger partial charge in [0.05, 0.1) is 11.3 Å². The summed E-state index contributed by atoms with van der Waals surface area (Å²) in [4.78, 5) is 4.41. The molecule has 4 nitrogen and oxygen atoms in total. The molecule has 0 aliphatic carbocycles. The second-order valence-electron chi connectivity index (χ2n) is 4.22. The van der Waals surface area contributed by atoms with E-state index in [9.17, 15) is 0 Å². The van der Waals surface area contributed by atoms with Crippen LogP contribution in [0.1, 0.15) is 45.8 Å². The van der Waals surface area contributed by atoms with Gasteiger partial charge >= 0.3 is 0 Å². The van der Waals surface area contributed by atoms with E-state index in [0.717, 1.165) is 23.9 Å². The number of rotatable bonds is 7. The first kappa shape index (κ1) is 13.5. The highest BCUT2D eigenvalue weighted by molar-refractivity contribution is 7.98. The van der Waals surface area contributed by atoms with Crippen LogP contribution in [0.4, 0.5) is 0 Å². The van der Waals surface area contributed by atoms with Crippen LogP contribution in [-0.2, 0) is 11.3 Å². The molecule has 0 aliphatic heterocycles. The average molecular weight is 243 g/mol. The Hall–Kier alpha value is -0.550. The molecular formula is C11H21N3OS. The van der Waals surface area contributed by atoms with Crippen LogP contribution in [0.5, 0.6) is 0 Å². The first-order chi connectivity index (χ1) is 7.60. The lowest BCUT2D eigenvalue weighted by Crippen LogP contribution is -2.36. The summed E-state index contributed by atoms with van der Waals surface area (Å²) in [6, 6.07) is 0. The standard InChI is InChI=1S/C11H21N3OS/c1-5-7-16-8-9-13-10(15-14-9)11(3,4)12-6-2/h12H,5-8H2,1-4H3. The van der Waals surface area contributed by atoms with Crippen LogP contribution < -0.4 is 5.32 Å². The van der Waals surface area contributed by atoms with E-state index in [4.69, 9.17) is 4.52 Å². The Labute approximate surface area is 102 Å². The fourth-order valence-electron chi connectivity index (χ4n) is 1.39. The Morgan fingerprint density at radius 2 is 2.12 bits per heavy atom. The third kappa shape index (κ3) is 3.79. The van der Waals surface area contributed by atoms with E-state index < -0.39 is 0 Å². The molecule has 0 amide bonds. The number of thioether (sulfide) groups is 1. The molecule has 0 unspecified atom stereocenters. The van der Waals surface area contributed by atoms with Crippen molar-refractivity contribution in [3.63, 3.8) is 0 Å². The van der Waals surface area contributed by atoms with Crippen molar-refractivity contribution in [2.75, 3.05) is 12.3 Å². The van der Waals surface area contributed by atoms with Gasteiger partial charge in [0.15, 0.2) is 5.82 Å². The Morgan fingerprint density at radius 1 is 1.38 bits per heavy atom. The Morgan fingerprint density at radius 3 is 2.75 bits per heavy atom. The second kappa shape index (κ2) is 6.25. The van der Waals surface area contributed by atoms with Gasteiger partial charge < -0.3 is 9.84 Å². The largest absolute Gasteiger partial charge is 0.337 e. The van der Waals surface area contributed by atoms with Gasteiger partial charge in [0.25, 0.3) is 0 Å². The monoisotopic (exact) mass is 243 g/mol. The first-order valence-corrected chi connectivity index (χ1v) is 6.91. The molecule has 0 saturated heterocycles. The van der Waals surface area contributed by atoms with Crippen LogP contribution in [0.15, 0.2) is 4.52 Å². The molecule has 0 bridgehead atoms. The molecule has 0 atom stereocenters. The lowest BCUT2D eigenvalue weighted by molar-refractivity contribution is 0.271. The molecule has 92 valence electrons. The van der Waals surface area contributed by atoms with E-state index in [-0.39, 0.29) is 5.54 Å². The molecule has 1 N–H and O–H groups in total. The fourth-order valence-corrected chi connectivity index (χ4v) is 2.12. The highest BCUT2D eigenvalue weighted by atomic mass is 32.2. The van der Waals surface area contributed by atoms with Crippen molar-refractivity contribution in [1.82, 2.24) is 15.5 Å². The van der Waals surface area contributed by atoms with Gasteiger partial charge in [-0.1, -0.05) is 19.0 Å². The number of nitrogens with zero attached hydrogens (tertiary/aromatic N) is 2. The maximum absolute atomic E-state index is 5.28. The minimum Gasteiger partial charge on any atom is -0.337 e. The van der Waals surface area contributed by atoms with Gasteiger partial charge in [0.2, 0.25) is 5.89 Å². The summed E-state index contributed by atoms with van der Waals surface area (Å²) in [6.45, 7) is 9.22. The number of aromatic nitrogens is 2. The van der Waals surface area contributed by atoms with Gasteiger partial charge in [-0.2, -0.15) is 16.7 Å². The molecule has 0 aliphatic rings. The van der Waals surface area contributed by atoms with Crippen LogP contribution in [0, 0.1) is 0 Å². The molecule has 1 rings (SSSR count). The molecule has 0 fully saturated rings. The van der Waals surface area contributed by atoms with Gasteiger partial charge in [-0.25, -0.2) is 0 Å². The topological polar surface area (TPSA) is 51.0 Å². The molecule has 0 aromatic carbocycles. The van der Waals surface area contributed by atoms with Crippen molar-refractivity contribution in [2.24, 2.45) is 0 Å². The van der Waals surface area contributed by atoms with Gasteiger partial charge in [-0.15, -0.1) is 0 Å². The summed E-state index contributed by atoms with van der Waals surface area (Å²) < 4.78 is 5.28. The smallest absolute Gasteiger partial charge is 0.246 e. The van der Waals surface area contributed by atoms with E-state index >= 15 is 0 Å². The predicted octanol–water partition coefficient (Wildman–Crippen LogP) is 2.56. The zero-order valence-corrected chi connectivity index (χ0v) is 11.4. The zero-order chi connectivity index (χ0) is 12.0. The molecule has 5 heteroatoms. The number of nitrogens with one attached hydrogen (secondary N) is 1. The van der Waals surface area contributed by atoms with Gasteiger partial charge in [-0.3, -0.25) is 0 Å². The molecule has 0 spiro atoms. The third-order valence-corrected chi connectivity index (χ3v) is 3.36. The van der Waals surface area contributed by atoms with Gasteiger partial charge in [-0.05, 0) is 32.6 Å². The van der Waals surface area contributed by atoms with E-state index in [1.165, 1.54) is 6.42 Å². The summed E-state index contributed by atoms with van der Waals surface area (Å²) in [5, 5.41) is 7.31. The molecule has 1 heterocycles. The molecule has 16 heavy (non-hydrogen) atoms. The quantitative estimate of drug-likeness (QED) is 0.746. The minimum atomic E-state index is -0.241. The van der Waals surface area contributed by atoms with Crippen LogP contribution in [0.3, 0.4) is 0 Å². The molecule has 0 saturated carbocycles. The fraction of sp³-hybridized carbons (Fsp3) is 0.818. The van der Waals surface area contributed by atoms with E-state index in [1.54, 1.807) is 0 Å². The highest BCUT2D eigenvalue weighted by Gasteiger charge is 2.26. The minimum absolute atomic E-state index is 0.241. The zero-order valence-electron chi connectivity index (χ0n) is 10.5. The lowest BCUT2D eigenvalue weighted by Gasteiger charge is -2.20. The summed E-state index contributed by atoms with van der Waals surface area (Å²) in [6.07, 6.45) is 1.18. The normalized spacial score (nSPS) is 12.0. The van der Waals surface area contributed by atoms with Crippen LogP contribution in [0.2, 0.25) is 0 Å². The van der Waals surface area contributed by atoms with Crippen molar-refractivity contribution >= 4 is 11.8 Å². The van der Waals surface area contributed by atoms with Crippen molar-refractivity contribution < 1.29 is 4.52 Å². The Balaban J connectivity index is 2.56. The summed E-state index contributed by atoms with van der Waals surface area (Å²) in [5.74, 6) is 3.43. The van der Waals surface area contributed by atoms with Crippen molar-refractivity contribution in [3.8, 4) is 0 Å². The SMILES string of the molecule is CCCSCc1noc(C(C)(C)NCC)n1. The Kier molecular flexibility index (Phi) is 5.28.